The summed E-state index contributed by atoms with van der Waals surface area (Å²) < 4.78 is 45.4. The Bertz CT molecular complexity index is 605. The van der Waals surface area contributed by atoms with E-state index in [1.165, 1.54) is 19.3 Å². The molecule has 0 spiro atoms. The number of nitrogens with one attached hydrogen (secondary N) is 1. The van der Waals surface area contributed by atoms with Crippen molar-refractivity contribution in [2.24, 2.45) is 0 Å². The van der Waals surface area contributed by atoms with Crippen LogP contribution in [0.2, 0.25) is 0 Å². The van der Waals surface area contributed by atoms with Gasteiger partial charge in [-0.2, -0.15) is 8.42 Å². The number of unbranched alkanes of at least 4 members (excludes halogenated alkanes) is 5. The van der Waals surface area contributed by atoms with E-state index in [0.717, 1.165) is 43.9 Å². The molecule has 2 N–H and O–H groups in total. The quantitative estimate of drug-likeness (QED) is 0.358. The number of ether oxygens (including phenoxy) is 3. The Kier molecular flexibility index (Phi) is 13.5. The summed E-state index contributed by atoms with van der Waals surface area (Å²) in [6.07, 6.45) is 7.30. The fourth-order valence-electron chi connectivity index (χ4n) is 2.55. The molecule has 7 nitrogen and oxygen atoms in total. The highest BCUT2D eigenvalue weighted by Crippen LogP contribution is 2.35. The molecule has 1 atom stereocenters. The Balaban J connectivity index is 0.000000370. The van der Waals surface area contributed by atoms with Crippen LogP contribution in [0.3, 0.4) is 0 Å². The van der Waals surface area contributed by atoms with Crippen molar-refractivity contribution < 1.29 is 27.2 Å². The minimum Gasteiger partial charge on any atom is -0.485 e. The van der Waals surface area contributed by atoms with Gasteiger partial charge < -0.3 is 19.5 Å². The molecule has 0 saturated carbocycles. The van der Waals surface area contributed by atoms with Crippen molar-refractivity contribution in [3.8, 4) is 11.5 Å². The third-order valence-corrected chi connectivity index (χ3v) is 5.59. The molecule has 0 radical (unpaired) electrons. The van der Waals surface area contributed by atoms with Crippen LogP contribution in [-0.4, -0.2) is 58.2 Å². The maximum atomic E-state index is 10.1. The highest BCUT2D eigenvalue weighted by molar-refractivity contribution is 7.85. The van der Waals surface area contributed by atoms with E-state index >= 15 is 0 Å². The van der Waals surface area contributed by atoms with Crippen LogP contribution in [0.15, 0.2) is 10.8 Å². The van der Waals surface area contributed by atoms with Crippen molar-refractivity contribution in [1.82, 2.24) is 5.32 Å². The lowest BCUT2D eigenvalue weighted by Crippen LogP contribution is -2.33. The van der Waals surface area contributed by atoms with Gasteiger partial charge in [-0.1, -0.05) is 32.6 Å². The van der Waals surface area contributed by atoms with Gasteiger partial charge in [0, 0.05) is 17.4 Å². The summed E-state index contributed by atoms with van der Waals surface area (Å²) in [5.41, 5.74) is 0. The van der Waals surface area contributed by atoms with Gasteiger partial charge in [0.05, 0.1) is 12.4 Å². The van der Waals surface area contributed by atoms with Gasteiger partial charge in [0.25, 0.3) is 10.1 Å². The molecular formula is C19H35NO6S2. The lowest BCUT2D eigenvalue weighted by atomic mass is 10.2. The molecule has 0 aliphatic carbocycles. The number of fused-ring (bicyclic) bond motifs is 1. The first-order valence-electron chi connectivity index (χ1n) is 9.99. The normalized spacial score (nSPS) is 15.8. The van der Waals surface area contributed by atoms with E-state index in [1.807, 2.05) is 24.7 Å². The second-order valence-electron chi connectivity index (χ2n) is 6.74. The first-order valence-corrected chi connectivity index (χ1v) is 12.5. The van der Waals surface area contributed by atoms with E-state index in [4.69, 9.17) is 18.8 Å². The third-order valence-electron chi connectivity index (χ3n) is 4.09. The van der Waals surface area contributed by atoms with Crippen molar-refractivity contribution in [3.05, 3.63) is 10.8 Å². The van der Waals surface area contributed by atoms with E-state index in [2.05, 4.69) is 5.32 Å². The van der Waals surface area contributed by atoms with Gasteiger partial charge in [-0.15, -0.1) is 11.3 Å². The van der Waals surface area contributed by atoms with Crippen molar-refractivity contribution in [2.75, 3.05) is 39.2 Å². The summed E-state index contributed by atoms with van der Waals surface area (Å²) >= 11 is 1.60. The molecular weight excluding hydrogens is 402 g/mol. The van der Waals surface area contributed by atoms with Crippen molar-refractivity contribution in [1.29, 1.82) is 0 Å². The largest absolute Gasteiger partial charge is 0.485 e. The van der Waals surface area contributed by atoms with Crippen LogP contribution in [0.4, 0.5) is 0 Å². The number of hydrogen-bond acceptors (Lipinski definition) is 7. The molecule has 1 unspecified atom stereocenters. The first-order chi connectivity index (χ1) is 13.5. The average Bonchev–Trinajstić information content (AvgIpc) is 3.11. The lowest BCUT2D eigenvalue weighted by Gasteiger charge is -2.24. The molecule has 0 aromatic carbocycles. The number of thiophene rings is 1. The average molecular weight is 438 g/mol. The van der Waals surface area contributed by atoms with Crippen molar-refractivity contribution in [3.63, 3.8) is 0 Å². The van der Waals surface area contributed by atoms with Crippen LogP contribution in [0.1, 0.15) is 51.9 Å². The Morgan fingerprint density at radius 3 is 2.64 bits per heavy atom. The van der Waals surface area contributed by atoms with Gasteiger partial charge in [0.15, 0.2) is 17.6 Å². The first kappa shape index (κ1) is 25.2. The zero-order valence-electron chi connectivity index (χ0n) is 17.0. The summed E-state index contributed by atoms with van der Waals surface area (Å²) in [4.78, 5) is 0. The Morgan fingerprint density at radius 2 is 1.93 bits per heavy atom. The van der Waals surface area contributed by atoms with Crippen LogP contribution in [0, 0.1) is 0 Å². The van der Waals surface area contributed by atoms with E-state index in [-0.39, 0.29) is 11.9 Å². The zero-order valence-corrected chi connectivity index (χ0v) is 18.7. The summed E-state index contributed by atoms with van der Waals surface area (Å²) in [6.45, 7) is 5.11. The standard InChI is InChI=1S/C14H23NO3S.C5H12O3S/c1-15-6-4-2-3-5-7-16-8-12-9-17-13-10-19-11-14(13)18-12;1-2-3-4-5-9(6,7)8/h10-12,15H,2-9H2,1H3;2-5H2,1H3,(H,6,7,8). The van der Waals surface area contributed by atoms with Crippen molar-refractivity contribution >= 4 is 21.5 Å². The summed E-state index contributed by atoms with van der Waals surface area (Å²) in [6, 6.07) is 0. The lowest BCUT2D eigenvalue weighted by molar-refractivity contribution is 0.00843. The monoisotopic (exact) mass is 437 g/mol. The molecule has 0 fully saturated rings. The topological polar surface area (TPSA) is 94.1 Å². The van der Waals surface area contributed by atoms with Crippen LogP contribution in [0.5, 0.6) is 11.5 Å². The minimum atomic E-state index is -3.70. The predicted molar refractivity (Wildman–Crippen MR) is 113 cm³/mol. The molecule has 164 valence electrons. The molecule has 28 heavy (non-hydrogen) atoms. The molecule has 0 saturated heterocycles. The molecule has 0 bridgehead atoms. The van der Waals surface area contributed by atoms with Gasteiger partial charge in [-0.25, -0.2) is 0 Å². The smallest absolute Gasteiger partial charge is 0.264 e. The summed E-state index contributed by atoms with van der Waals surface area (Å²) in [5, 5.41) is 7.10. The second kappa shape index (κ2) is 15.0. The highest BCUT2D eigenvalue weighted by Gasteiger charge is 2.21. The molecule has 1 aromatic rings. The number of rotatable bonds is 13. The fourth-order valence-corrected chi connectivity index (χ4v) is 3.79. The highest BCUT2D eigenvalue weighted by atomic mass is 32.2. The maximum Gasteiger partial charge on any atom is 0.264 e. The van der Waals surface area contributed by atoms with Crippen LogP contribution in [-0.2, 0) is 14.9 Å². The number of hydrogen-bond donors (Lipinski definition) is 2. The Morgan fingerprint density at radius 1 is 1.18 bits per heavy atom. The van der Waals surface area contributed by atoms with Crippen LogP contribution >= 0.6 is 11.3 Å². The zero-order chi connectivity index (χ0) is 20.7. The van der Waals surface area contributed by atoms with Gasteiger partial charge in [0.1, 0.15) is 6.61 Å². The molecule has 2 rings (SSSR count). The molecule has 1 aromatic heterocycles. The van der Waals surface area contributed by atoms with E-state index in [0.29, 0.717) is 19.6 Å². The Hall–Kier alpha value is -0.870. The van der Waals surface area contributed by atoms with E-state index < -0.39 is 10.1 Å². The third kappa shape index (κ3) is 12.6. The SMILES string of the molecule is CCCCCS(=O)(=O)O.CNCCCCCCOCC1COc2cscc2O1. The van der Waals surface area contributed by atoms with Gasteiger partial charge >= 0.3 is 0 Å². The predicted octanol–water partition coefficient (Wildman–Crippen LogP) is 3.75. The summed E-state index contributed by atoms with van der Waals surface area (Å²) in [7, 11) is -1.70. The fraction of sp³-hybridized carbons (Fsp3) is 0.789. The molecule has 2 heterocycles. The molecule has 1 aliphatic heterocycles. The maximum absolute atomic E-state index is 10.1. The van der Waals surface area contributed by atoms with Gasteiger partial charge in [-0.05, 0) is 32.9 Å². The summed E-state index contributed by atoms with van der Waals surface area (Å²) in [5.74, 6) is 1.63. The van der Waals surface area contributed by atoms with E-state index in [1.54, 1.807) is 11.3 Å². The van der Waals surface area contributed by atoms with Crippen LogP contribution < -0.4 is 14.8 Å². The molecule has 1 aliphatic rings. The van der Waals surface area contributed by atoms with Gasteiger partial charge in [0.2, 0.25) is 0 Å². The minimum absolute atomic E-state index is 0.0337. The van der Waals surface area contributed by atoms with Crippen LogP contribution in [0.25, 0.3) is 0 Å². The van der Waals surface area contributed by atoms with Gasteiger partial charge in [-0.3, -0.25) is 4.55 Å². The Labute approximate surface area is 173 Å². The molecule has 9 heteroatoms. The van der Waals surface area contributed by atoms with Crippen molar-refractivity contribution in [2.45, 2.75) is 58.0 Å². The molecule has 0 amide bonds. The second-order valence-corrected chi connectivity index (χ2v) is 9.05. The van der Waals surface area contributed by atoms with E-state index in [9.17, 15) is 8.42 Å².